The Morgan fingerprint density at radius 1 is 1.00 bits per heavy atom. The normalized spacial score (nSPS) is 10.2. The molecule has 6 nitrogen and oxygen atoms in total. The molecular formula is C25H22N2O4. The van der Waals surface area contributed by atoms with Crippen molar-refractivity contribution in [2.45, 2.75) is 12.8 Å². The molecule has 0 heterocycles. The molecule has 156 valence electrons. The topological polar surface area (TPSA) is 90.6 Å². The van der Waals surface area contributed by atoms with Crippen molar-refractivity contribution in [2.24, 2.45) is 0 Å². The number of nitriles is 1. The van der Waals surface area contributed by atoms with Crippen LogP contribution in [0.4, 0.5) is 0 Å². The molecule has 1 N–H and O–H groups in total. The molecule has 0 unspecified atom stereocenters. The van der Waals surface area contributed by atoms with Gasteiger partial charge in [-0.2, -0.15) is 5.26 Å². The van der Waals surface area contributed by atoms with Crippen LogP contribution in [0.5, 0.6) is 11.5 Å². The number of nitrogens with zero attached hydrogens (tertiary/aromatic N) is 2. The largest absolute Gasteiger partial charge is 0.481 e. The van der Waals surface area contributed by atoms with Crippen LogP contribution in [0.3, 0.4) is 0 Å². The maximum Gasteiger partial charge on any atom is 0.307 e. The molecule has 6 heteroatoms. The third kappa shape index (κ3) is 5.94. The highest BCUT2D eigenvalue weighted by Gasteiger charge is 2.13. The predicted molar refractivity (Wildman–Crippen MR) is 116 cm³/mol. The summed E-state index contributed by atoms with van der Waals surface area (Å²) in [6, 6.07) is 23.4. The molecule has 0 radical (unpaired) electrons. The molecule has 3 aromatic rings. The number of amides is 1. The van der Waals surface area contributed by atoms with Crippen molar-refractivity contribution in [2.75, 3.05) is 13.6 Å². The minimum Gasteiger partial charge on any atom is -0.481 e. The summed E-state index contributed by atoms with van der Waals surface area (Å²) >= 11 is 0. The summed E-state index contributed by atoms with van der Waals surface area (Å²) in [7, 11) is 1.77. The standard InChI is InChI=1S/C25H22N2O4/c1-27(14-13-18-5-3-2-4-6-18)25(30)20-8-10-22(11-9-20)31-23-12-7-19(16-24(28)29)15-21(23)17-26/h2-12,15H,13-14,16H2,1H3,(H,28,29). The third-order valence-corrected chi connectivity index (χ3v) is 4.77. The maximum absolute atomic E-state index is 12.7. The fraction of sp³-hybridized carbons (Fsp3) is 0.160. The summed E-state index contributed by atoms with van der Waals surface area (Å²) in [4.78, 5) is 25.2. The number of carboxylic acid groups (broad SMARTS) is 1. The maximum atomic E-state index is 12.7. The van der Waals surface area contributed by atoms with E-state index >= 15 is 0 Å². The first-order valence-electron chi connectivity index (χ1n) is 9.78. The lowest BCUT2D eigenvalue weighted by atomic mass is 10.1. The first-order valence-corrected chi connectivity index (χ1v) is 9.78. The summed E-state index contributed by atoms with van der Waals surface area (Å²) < 4.78 is 5.77. The molecule has 3 rings (SSSR count). The van der Waals surface area contributed by atoms with Crippen molar-refractivity contribution in [1.82, 2.24) is 4.90 Å². The predicted octanol–water partition coefficient (Wildman–Crippen LogP) is 4.29. The number of benzene rings is 3. The smallest absolute Gasteiger partial charge is 0.307 e. The monoisotopic (exact) mass is 414 g/mol. The second-order valence-corrected chi connectivity index (χ2v) is 7.10. The lowest BCUT2D eigenvalue weighted by molar-refractivity contribution is -0.136. The van der Waals surface area contributed by atoms with Gasteiger partial charge in [-0.1, -0.05) is 36.4 Å². The number of likely N-dealkylation sites (N-methyl/N-ethyl adjacent to an activating group) is 1. The van der Waals surface area contributed by atoms with Gasteiger partial charge in [-0.3, -0.25) is 9.59 Å². The fourth-order valence-corrected chi connectivity index (χ4v) is 3.09. The van der Waals surface area contributed by atoms with Gasteiger partial charge >= 0.3 is 5.97 Å². The van der Waals surface area contributed by atoms with Gasteiger partial charge in [0, 0.05) is 19.2 Å². The molecule has 0 fully saturated rings. The van der Waals surface area contributed by atoms with E-state index in [-0.39, 0.29) is 17.9 Å². The number of hydrogen-bond donors (Lipinski definition) is 1. The molecule has 0 aromatic heterocycles. The van der Waals surface area contributed by atoms with Crippen molar-refractivity contribution >= 4 is 11.9 Å². The number of carbonyl (C=O) groups is 2. The van der Waals surface area contributed by atoms with Gasteiger partial charge in [-0.15, -0.1) is 0 Å². The van der Waals surface area contributed by atoms with Gasteiger partial charge in [0.1, 0.15) is 17.6 Å². The van der Waals surface area contributed by atoms with Gasteiger partial charge in [-0.25, -0.2) is 0 Å². The van der Waals surface area contributed by atoms with Gasteiger partial charge < -0.3 is 14.7 Å². The highest BCUT2D eigenvalue weighted by atomic mass is 16.5. The van der Waals surface area contributed by atoms with E-state index < -0.39 is 5.97 Å². The number of hydrogen-bond acceptors (Lipinski definition) is 4. The summed E-state index contributed by atoms with van der Waals surface area (Å²) in [5.41, 5.74) is 2.49. The zero-order valence-corrected chi connectivity index (χ0v) is 17.1. The van der Waals surface area contributed by atoms with Crippen molar-refractivity contribution in [1.29, 1.82) is 5.26 Å². The first-order chi connectivity index (χ1) is 15.0. The Bertz CT molecular complexity index is 1100. The van der Waals surface area contributed by atoms with Gasteiger partial charge in [0.2, 0.25) is 0 Å². The van der Waals surface area contributed by atoms with Gasteiger partial charge in [0.25, 0.3) is 5.91 Å². The Hall–Kier alpha value is -4.11. The fourth-order valence-electron chi connectivity index (χ4n) is 3.09. The minimum absolute atomic E-state index is 0.0850. The van der Waals surface area contributed by atoms with E-state index in [4.69, 9.17) is 9.84 Å². The zero-order valence-electron chi connectivity index (χ0n) is 17.1. The molecule has 1 amide bonds. The molecule has 0 saturated heterocycles. The van der Waals surface area contributed by atoms with Crippen LogP contribution in [0.2, 0.25) is 0 Å². The van der Waals surface area contributed by atoms with Crippen molar-refractivity contribution < 1.29 is 19.4 Å². The molecule has 0 spiro atoms. The van der Waals surface area contributed by atoms with Gasteiger partial charge in [-0.05, 0) is 53.9 Å². The van der Waals surface area contributed by atoms with Gasteiger partial charge in [0.05, 0.1) is 12.0 Å². The van der Waals surface area contributed by atoms with Crippen molar-refractivity contribution in [3.63, 3.8) is 0 Å². The molecule has 31 heavy (non-hydrogen) atoms. The summed E-state index contributed by atoms with van der Waals surface area (Å²) in [6.45, 7) is 0.606. The van der Waals surface area contributed by atoms with E-state index in [2.05, 4.69) is 0 Å². The van der Waals surface area contributed by atoms with E-state index in [9.17, 15) is 14.9 Å². The van der Waals surface area contributed by atoms with Crippen LogP contribution < -0.4 is 4.74 Å². The summed E-state index contributed by atoms with van der Waals surface area (Å²) in [5.74, 6) is -0.244. The highest BCUT2D eigenvalue weighted by Crippen LogP contribution is 2.26. The number of carbonyl (C=O) groups excluding carboxylic acids is 1. The van der Waals surface area contributed by atoms with Gasteiger partial charge in [0.15, 0.2) is 0 Å². The summed E-state index contributed by atoms with van der Waals surface area (Å²) in [5, 5.41) is 18.2. The number of ether oxygens (including phenoxy) is 1. The molecule has 0 aliphatic carbocycles. The van der Waals surface area contributed by atoms with E-state index in [1.807, 2.05) is 36.4 Å². The quantitative estimate of drug-likeness (QED) is 0.594. The molecular weight excluding hydrogens is 392 g/mol. The van der Waals surface area contributed by atoms with Crippen LogP contribution in [0.1, 0.15) is 27.0 Å². The molecule has 0 aliphatic heterocycles. The Labute approximate surface area is 180 Å². The molecule has 3 aromatic carbocycles. The Kier molecular flexibility index (Phi) is 7.02. The minimum atomic E-state index is -0.966. The van der Waals surface area contributed by atoms with Crippen LogP contribution >= 0.6 is 0 Å². The molecule has 0 aliphatic rings. The molecule has 0 saturated carbocycles. The number of rotatable bonds is 8. The Morgan fingerprint density at radius 2 is 1.71 bits per heavy atom. The zero-order chi connectivity index (χ0) is 22.2. The average molecular weight is 414 g/mol. The number of aliphatic carboxylic acids is 1. The van der Waals surface area contributed by atoms with E-state index in [0.717, 1.165) is 6.42 Å². The lowest BCUT2D eigenvalue weighted by Gasteiger charge is -2.17. The van der Waals surface area contributed by atoms with Crippen LogP contribution in [-0.4, -0.2) is 35.5 Å². The summed E-state index contributed by atoms with van der Waals surface area (Å²) in [6.07, 6.45) is 0.614. The van der Waals surface area contributed by atoms with E-state index in [0.29, 0.717) is 29.2 Å². The Balaban J connectivity index is 1.64. The highest BCUT2D eigenvalue weighted by molar-refractivity contribution is 5.94. The Morgan fingerprint density at radius 3 is 2.35 bits per heavy atom. The van der Waals surface area contributed by atoms with Crippen molar-refractivity contribution in [3.05, 3.63) is 95.1 Å². The first kappa shape index (κ1) is 21.6. The second kappa shape index (κ2) is 10.1. The van der Waals surface area contributed by atoms with Crippen molar-refractivity contribution in [3.8, 4) is 17.6 Å². The lowest BCUT2D eigenvalue weighted by Crippen LogP contribution is -2.28. The molecule has 0 bridgehead atoms. The SMILES string of the molecule is CN(CCc1ccccc1)C(=O)c1ccc(Oc2ccc(CC(=O)O)cc2C#N)cc1. The van der Waals surface area contributed by atoms with E-state index in [1.54, 1.807) is 48.3 Å². The van der Waals surface area contributed by atoms with Crippen LogP contribution in [-0.2, 0) is 17.6 Å². The van der Waals surface area contributed by atoms with Crippen LogP contribution in [0.15, 0.2) is 72.8 Å². The van der Waals surface area contributed by atoms with E-state index in [1.165, 1.54) is 11.6 Å². The van der Waals surface area contributed by atoms with Crippen LogP contribution in [0.25, 0.3) is 0 Å². The number of carboxylic acids is 1. The second-order valence-electron chi connectivity index (χ2n) is 7.10. The third-order valence-electron chi connectivity index (χ3n) is 4.77. The van der Waals surface area contributed by atoms with Crippen LogP contribution in [0, 0.1) is 11.3 Å². The molecule has 0 atom stereocenters. The average Bonchev–Trinajstić information content (AvgIpc) is 2.78.